The van der Waals surface area contributed by atoms with Crippen LogP contribution in [0.25, 0.3) is 0 Å². The lowest BCUT2D eigenvalue weighted by Crippen LogP contribution is -2.59. The van der Waals surface area contributed by atoms with Crippen LogP contribution in [0.4, 0.5) is 35.1 Å². The first kappa shape index (κ1) is 16.8. The summed E-state index contributed by atoms with van der Waals surface area (Å²) in [7, 11) is -3.51. The van der Waals surface area contributed by atoms with Crippen LogP contribution in [0.15, 0.2) is 0 Å². The smallest absolute Gasteiger partial charge is 0.328 e. The molecular weight excluding hydrogens is 291 g/mol. The third-order valence-electron chi connectivity index (χ3n) is 1.51. The molecule has 2 N–H and O–H groups in total. The molecule has 0 heterocycles. The third-order valence-corrected chi connectivity index (χ3v) is 1.87. The zero-order valence-corrected chi connectivity index (χ0v) is 8.45. The van der Waals surface area contributed by atoms with Crippen LogP contribution in [-0.2, 0) is 4.52 Å². The summed E-state index contributed by atoms with van der Waals surface area (Å²) in [6.45, 7) is -2.54. The van der Waals surface area contributed by atoms with E-state index < -0.39 is 39.4 Å². The molecule has 0 aliphatic carbocycles. The lowest BCUT2D eigenvalue weighted by atomic mass is 10.1. The average molecular weight is 296 g/mol. The van der Waals surface area contributed by atoms with Gasteiger partial charge in [0.2, 0.25) is 0 Å². The molecule has 0 saturated carbocycles. The minimum Gasteiger partial charge on any atom is -0.328 e. The lowest BCUT2D eigenvalue weighted by Gasteiger charge is -2.31. The van der Waals surface area contributed by atoms with E-state index in [1.54, 1.807) is 0 Å². The summed E-state index contributed by atoms with van der Waals surface area (Å²) < 4.78 is 101. The fraction of sp³-hybridized carbons (Fsp3) is 1.00. The van der Waals surface area contributed by atoms with Crippen LogP contribution in [0.3, 0.4) is 0 Å². The molecule has 17 heavy (non-hydrogen) atoms. The highest BCUT2D eigenvalue weighted by molar-refractivity contribution is 7.39. The van der Waals surface area contributed by atoms with Gasteiger partial charge >= 0.3 is 32.8 Å². The summed E-state index contributed by atoms with van der Waals surface area (Å²) in [5, 5.41) is 0. The van der Waals surface area contributed by atoms with Crippen molar-refractivity contribution in [3.05, 3.63) is 0 Å². The fourth-order valence-electron chi connectivity index (χ4n) is 0.610. The van der Waals surface area contributed by atoms with Gasteiger partial charge in [-0.15, -0.1) is 0 Å². The Kier molecular flexibility index (Phi) is 5.09. The highest BCUT2D eigenvalue weighted by Gasteiger charge is 2.75. The largest absolute Gasteiger partial charge is 0.380 e. The molecule has 0 atom stereocenters. The summed E-state index contributed by atoms with van der Waals surface area (Å²) in [4.78, 5) is 16.0. The quantitative estimate of drug-likeness (QED) is 0.584. The van der Waals surface area contributed by atoms with Crippen LogP contribution in [0.1, 0.15) is 0 Å². The predicted octanol–water partition coefficient (Wildman–Crippen LogP) is 2.39. The second-order valence-corrected chi connectivity index (χ2v) is 3.49. The maximum Gasteiger partial charge on any atom is 0.380 e. The molecule has 0 aliphatic heterocycles. The summed E-state index contributed by atoms with van der Waals surface area (Å²) in [5.41, 5.74) is 0. The lowest BCUT2D eigenvalue weighted by molar-refractivity contribution is -0.342. The maximum absolute atomic E-state index is 12.5. The molecule has 0 unspecified atom stereocenters. The van der Waals surface area contributed by atoms with Gasteiger partial charge in [0.15, 0.2) is 0 Å². The van der Waals surface area contributed by atoms with Gasteiger partial charge in [-0.2, -0.15) is 26.3 Å². The van der Waals surface area contributed by atoms with Crippen molar-refractivity contribution in [1.29, 1.82) is 0 Å². The van der Waals surface area contributed by atoms with Crippen LogP contribution in [0.5, 0.6) is 0 Å². The molecule has 0 bridgehead atoms. The van der Waals surface area contributed by atoms with Gasteiger partial charge < -0.3 is 14.3 Å². The second-order valence-electron chi connectivity index (χ2n) is 2.73. The average Bonchev–Trinajstić information content (AvgIpc) is 2.14. The van der Waals surface area contributed by atoms with Crippen molar-refractivity contribution in [1.82, 2.24) is 0 Å². The van der Waals surface area contributed by atoms with Crippen LogP contribution in [0.2, 0.25) is 0 Å². The van der Waals surface area contributed by atoms with Crippen LogP contribution >= 0.6 is 8.60 Å². The first-order chi connectivity index (χ1) is 7.36. The minimum atomic E-state index is -6.40. The molecule has 0 aliphatic rings. The molecule has 0 aromatic heterocycles. The molecule has 0 fully saturated rings. The van der Waals surface area contributed by atoms with E-state index in [9.17, 15) is 35.1 Å². The summed E-state index contributed by atoms with van der Waals surface area (Å²) in [6, 6.07) is 0. The molecule has 0 aromatic rings. The Hall–Kier alpha value is -0.250. The Labute approximate surface area is 90.0 Å². The monoisotopic (exact) mass is 296 g/mol. The Morgan fingerprint density at radius 2 is 1.41 bits per heavy atom. The number of alkyl halides is 8. The van der Waals surface area contributed by atoms with E-state index in [-0.39, 0.29) is 0 Å². The Morgan fingerprint density at radius 3 is 1.71 bits per heavy atom. The molecule has 0 spiro atoms. The summed E-state index contributed by atoms with van der Waals surface area (Å²) in [5.74, 6) is -18.4. The van der Waals surface area contributed by atoms with Crippen molar-refractivity contribution >= 4 is 8.60 Å². The van der Waals surface area contributed by atoms with Crippen LogP contribution in [-0.4, -0.2) is 40.6 Å². The Balaban J connectivity index is 5.01. The van der Waals surface area contributed by atoms with Gasteiger partial charge in [-0.25, -0.2) is 8.78 Å². The van der Waals surface area contributed by atoms with Gasteiger partial charge in [0, 0.05) is 0 Å². The molecule has 0 amide bonds. The van der Waals surface area contributed by atoms with E-state index in [0.29, 0.717) is 0 Å². The van der Waals surface area contributed by atoms with Crippen molar-refractivity contribution in [2.45, 2.75) is 24.2 Å². The van der Waals surface area contributed by atoms with E-state index in [1.165, 1.54) is 0 Å². The van der Waals surface area contributed by atoms with Gasteiger partial charge in [0.1, 0.15) is 6.61 Å². The van der Waals surface area contributed by atoms with Gasteiger partial charge in [-0.1, -0.05) is 0 Å². The molecule has 12 heteroatoms. The number of halogens is 8. The molecule has 0 radical (unpaired) electrons. The van der Waals surface area contributed by atoms with E-state index in [4.69, 9.17) is 9.79 Å². The molecule has 0 saturated heterocycles. The molecule has 0 rings (SSSR count). The van der Waals surface area contributed by atoms with Gasteiger partial charge in [0.05, 0.1) is 0 Å². The van der Waals surface area contributed by atoms with E-state index >= 15 is 0 Å². The van der Waals surface area contributed by atoms with Gasteiger partial charge in [0.25, 0.3) is 0 Å². The van der Waals surface area contributed by atoms with Crippen molar-refractivity contribution in [3.8, 4) is 0 Å². The molecular formula is C5H5F8O3P. The zero-order valence-electron chi connectivity index (χ0n) is 7.56. The SMILES string of the molecule is OP(O)OCC(F)(F)C(F)(F)C(F)(F)C(F)F. The first-order valence-electron chi connectivity index (χ1n) is 3.58. The summed E-state index contributed by atoms with van der Waals surface area (Å²) >= 11 is 0. The Morgan fingerprint density at radius 1 is 1.00 bits per heavy atom. The van der Waals surface area contributed by atoms with Gasteiger partial charge in [-0.05, 0) is 0 Å². The standard InChI is InChI=1S/C5H5F8O3P/c6-2(7)4(10,11)5(12,13)3(8,9)1-16-17(14)15/h2,14-15H,1H2. The topological polar surface area (TPSA) is 49.7 Å². The van der Waals surface area contributed by atoms with E-state index in [2.05, 4.69) is 4.52 Å². The maximum atomic E-state index is 12.5. The molecule has 3 nitrogen and oxygen atoms in total. The van der Waals surface area contributed by atoms with Gasteiger partial charge in [-0.3, -0.25) is 0 Å². The first-order valence-corrected chi connectivity index (χ1v) is 4.75. The molecule has 0 aromatic carbocycles. The normalized spacial score (nSPS) is 14.8. The van der Waals surface area contributed by atoms with Crippen LogP contribution < -0.4 is 0 Å². The minimum absolute atomic E-state index is 2.54. The second kappa shape index (κ2) is 5.17. The summed E-state index contributed by atoms with van der Waals surface area (Å²) in [6.07, 6.45) is -5.02. The zero-order chi connectivity index (χ0) is 14.1. The van der Waals surface area contributed by atoms with Crippen molar-refractivity contribution in [3.63, 3.8) is 0 Å². The fourth-order valence-corrected chi connectivity index (χ4v) is 0.888. The van der Waals surface area contributed by atoms with Crippen molar-refractivity contribution in [2.75, 3.05) is 6.61 Å². The molecule has 104 valence electrons. The number of rotatable bonds is 6. The highest BCUT2D eigenvalue weighted by atomic mass is 31.2. The van der Waals surface area contributed by atoms with E-state index in [1.807, 2.05) is 0 Å². The van der Waals surface area contributed by atoms with E-state index in [0.717, 1.165) is 0 Å². The van der Waals surface area contributed by atoms with Crippen molar-refractivity contribution in [2.24, 2.45) is 0 Å². The highest BCUT2D eigenvalue weighted by Crippen LogP contribution is 2.49. The Bertz CT molecular complexity index is 258. The third kappa shape index (κ3) is 3.36. The van der Waals surface area contributed by atoms with Crippen LogP contribution in [0, 0.1) is 0 Å². The predicted molar refractivity (Wildman–Crippen MR) is 38.2 cm³/mol. The number of hydrogen-bond donors (Lipinski definition) is 2. The number of hydrogen-bond acceptors (Lipinski definition) is 3. The van der Waals surface area contributed by atoms with Crippen molar-refractivity contribution < 1.29 is 49.4 Å².